The first-order valence-corrected chi connectivity index (χ1v) is 11.8. The quantitative estimate of drug-likeness (QED) is 0.250. The number of alkyl halides is 12. The highest BCUT2D eigenvalue weighted by atomic mass is 19.4. The smallest absolute Gasteiger partial charge is 0.376 e. The Labute approximate surface area is 204 Å². The van der Waals surface area contributed by atoms with E-state index in [2.05, 4.69) is 4.74 Å². The van der Waals surface area contributed by atoms with E-state index >= 15 is 0 Å². The summed E-state index contributed by atoms with van der Waals surface area (Å²) in [4.78, 5) is 0. The monoisotopic (exact) mass is 568 g/mol. The van der Waals surface area contributed by atoms with Gasteiger partial charge in [0.1, 0.15) is 0 Å². The summed E-state index contributed by atoms with van der Waals surface area (Å²) in [5.41, 5.74) is -17.1. The first-order chi connectivity index (χ1) is 16.5. The first kappa shape index (κ1) is 30.6. The number of halogens is 12. The molecular formula is C22H28F12O3. The lowest BCUT2D eigenvalue weighted by Crippen LogP contribution is -2.78. The van der Waals surface area contributed by atoms with Crippen LogP contribution in [-0.2, 0) is 9.47 Å². The van der Waals surface area contributed by atoms with Gasteiger partial charge in [-0.3, -0.25) is 0 Å². The molecule has 0 aliphatic heterocycles. The average Bonchev–Trinajstić information content (AvgIpc) is 2.67. The molecule has 4 bridgehead atoms. The molecule has 0 radical (unpaired) electrons. The maximum absolute atomic E-state index is 14.5. The van der Waals surface area contributed by atoms with E-state index in [0.29, 0.717) is 6.42 Å². The van der Waals surface area contributed by atoms with Gasteiger partial charge < -0.3 is 14.6 Å². The Morgan fingerprint density at radius 1 is 0.730 bits per heavy atom. The number of hydrogen-bond donors (Lipinski definition) is 1. The number of aliphatic hydroxyl groups is 1. The molecule has 4 aliphatic rings. The summed E-state index contributed by atoms with van der Waals surface area (Å²) in [5, 5.41) is 10.3. The van der Waals surface area contributed by atoms with Crippen LogP contribution < -0.4 is 0 Å². The summed E-state index contributed by atoms with van der Waals surface area (Å²) >= 11 is 0. The highest BCUT2D eigenvalue weighted by molar-refractivity contribution is 5.24. The normalized spacial score (nSPS) is 32.2. The van der Waals surface area contributed by atoms with Gasteiger partial charge in [0.05, 0.1) is 19.3 Å². The topological polar surface area (TPSA) is 38.7 Å². The van der Waals surface area contributed by atoms with Gasteiger partial charge in [-0.05, 0) is 63.7 Å². The maximum Gasteiger partial charge on any atom is 0.427 e. The van der Waals surface area contributed by atoms with Gasteiger partial charge in [0.15, 0.2) is 0 Å². The van der Waals surface area contributed by atoms with Crippen molar-refractivity contribution < 1.29 is 67.3 Å². The van der Waals surface area contributed by atoms with Gasteiger partial charge in [0, 0.05) is 10.8 Å². The van der Waals surface area contributed by atoms with Crippen LogP contribution in [0.3, 0.4) is 0 Å². The van der Waals surface area contributed by atoms with Crippen LogP contribution in [0.15, 0.2) is 0 Å². The van der Waals surface area contributed by atoms with Crippen molar-refractivity contribution >= 4 is 0 Å². The van der Waals surface area contributed by atoms with Crippen LogP contribution in [0.2, 0.25) is 0 Å². The molecule has 4 rings (SSSR count). The molecule has 3 unspecified atom stereocenters. The molecule has 0 spiro atoms. The van der Waals surface area contributed by atoms with Gasteiger partial charge in [0.2, 0.25) is 0 Å². The minimum Gasteiger partial charge on any atom is -0.376 e. The highest BCUT2D eigenvalue weighted by Crippen LogP contribution is 2.77. The Morgan fingerprint density at radius 3 is 1.54 bits per heavy atom. The van der Waals surface area contributed by atoms with Crippen molar-refractivity contribution in [1.29, 1.82) is 0 Å². The standard InChI is InChI=1S/C22H28F12O3/c1-3-12(2)36-4-5-37-18(21(29,30)31,22(32,33)34)16-9-13-6-14(10-16)8-15(7-13,11-16)17(35,19(23,24)25)20(26,27)28/h12-14,35H,3-11H2,1-2H3. The molecule has 0 heterocycles. The zero-order valence-corrected chi connectivity index (χ0v) is 19.9. The average molecular weight is 568 g/mol. The summed E-state index contributed by atoms with van der Waals surface area (Å²) in [6.45, 7) is 1.17. The fraction of sp³-hybridized carbons (Fsp3) is 1.00. The van der Waals surface area contributed by atoms with Crippen LogP contribution in [0.25, 0.3) is 0 Å². The van der Waals surface area contributed by atoms with Crippen LogP contribution in [0.1, 0.15) is 58.8 Å². The molecule has 218 valence electrons. The molecule has 4 saturated carbocycles. The third-order valence-corrected chi connectivity index (χ3v) is 8.57. The minimum absolute atomic E-state index is 0.141. The van der Waals surface area contributed by atoms with Crippen molar-refractivity contribution in [2.75, 3.05) is 13.2 Å². The van der Waals surface area contributed by atoms with Crippen LogP contribution in [0, 0.1) is 22.7 Å². The summed E-state index contributed by atoms with van der Waals surface area (Å²) < 4.78 is 180. The van der Waals surface area contributed by atoms with Crippen molar-refractivity contribution in [3.63, 3.8) is 0 Å². The molecule has 0 saturated heterocycles. The van der Waals surface area contributed by atoms with Crippen molar-refractivity contribution in [3.05, 3.63) is 0 Å². The zero-order chi connectivity index (χ0) is 28.5. The van der Waals surface area contributed by atoms with E-state index < -0.39 is 110 Å². The molecule has 0 aromatic heterocycles. The van der Waals surface area contributed by atoms with Crippen molar-refractivity contribution in [2.45, 2.75) is 101 Å². The maximum atomic E-state index is 14.5. The fourth-order valence-corrected chi connectivity index (χ4v) is 7.50. The molecule has 15 heteroatoms. The van der Waals surface area contributed by atoms with Crippen LogP contribution in [0.4, 0.5) is 52.7 Å². The second-order valence-corrected chi connectivity index (χ2v) is 10.8. The van der Waals surface area contributed by atoms with Crippen LogP contribution >= 0.6 is 0 Å². The Kier molecular flexibility index (Phi) is 7.47. The van der Waals surface area contributed by atoms with Crippen molar-refractivity contribution in [1.82, 2.24) is 0 Å². The second-order valence-electron chi connectivity index (χ2n) is 10.8. The highest BCUT2D eigenvalue weighted by Gasteiger charge is 2.88. The van der Waals surface area contributed by atoms with Crippen LogP contribution in [0.5, 0.6) is 0 Å². The number of hydrogen-bond acceptors (Lipinski definition) is 3. The van der Waals surface area contributed by atoms with E-state index in [4.69, 9.17) is 4.74 Å². The number of ether oxygens (including phenoxy) is 2. The van der Waals surface area contributed by atoms with Crippen molar-refractivity contribution in [3.8, 4) is 0 Å². The molecule has 4 aliphatic carbocycles. The van der Waals surface area contributed by atoms with Gasteiger partial charge in [-0.2, -0.15) is 52.7 Å². The van der Waals surface area contributed by atoms with E-state index in [1.54, 1.807) is 6.92 Å². The lowest BCUT2D eigenvalue weighted by Gasteiger charge is -2.69. The van der Waals surface area contributed by atoms with E-state index in [1.807, 2.05) is 0 Å². The summed E-state index contributed by atoms with van der Waals surface area (Å²) in [5.74, 6) is -2.66. The molecule has 0 amide bonds. The fourth-order valence-electron chi connectivity index (χ4n) is 7.50. The first-order valence-electron chi connectivity index (χ1n) is 11.8. The Balaban J connectivity index is 2.19. The molecule has 3 nitrogen and oxygen atoms in total. The Morgan fingerprint density at radius 2 is 1.16 bits per heavy atom. The van der Waals surface area contributed by atoms with E-state index in [0.717, 1.165) is 0 Å². The second kappa shape index (κ2) is 9.03. The summed E-state index contributed by atoms with van der Waals surface area (Å²) in [7, 11) is 0. The van der Waals surface area contributed by atoms with Crippen LogP contribution in [-0.4, -0.2) is 60.3 Å². The minimum atomic E-state index is -6.40. The molecule has 0 aromatic carbocycles. The number of rotatable bonds is 8. The van der Waals surface area contributed by atoms with Gasteiger partial charge >= 0.3 is 24.7 Å². The van der Waals surface area contributed by atoms with Gasteiger partial charge in [-0.1, -0.05) is 6.92 Å². The van der Waals surface area contributed by atoms with Gasteiger partial charge in [-0.15, -0.1) is 0 Å². The predicted octanol–water partition coefficient (Wildman–Crippen LogP) is 7.12. The SMILES string of the molecule is CCC(C)OCCOC(C(F)(F)F)(C(F)(F)F)C12CC3CC(CC(C(O)(C(F)(F)F)C(F)(F)F)(C3)C1)C2. The Bertz CT molecular complexity index is 787. The molecular weight excluding hydrogens is 540 g/mol. The van der Waals surface area contributed by atoms with Crippen molar-refractivity contribution in [2.24, 2.45) is 22.7 Å². The van der Waals surface area contributed by atoms with E-state index in [9.17, 15) is 57.8 Å². The van der Waals surface area contributed by atoms with E-state index in [-0.39, 0.29) is 6.42 Å². The lowest BCUT2D eigenvalue weighted by atomic mass is 9.37. The summed E-state index contributed by atoms with van der Waals surface area (Å²) in [6, 6.07) is 0. The third kappa shape index (κ3) is 4.42. The molecule has 3 atom stereocenters. The molecule has 0 aromatic rings. The van der Waals surface area contributed by atoms with E-state index in [1.165, 1.54) is 6.92 Å². The zero-order valence-electron chi connectivity index (χ0n) is 19.9. The molecule has 4 fully saturated rings. The van der Waals surface area contributed by atoms with Gasteiger partial charge in [-0.25, -0.2) is 0 Å². The Hall–Kier alpha value is -0.960. The predicted molar refractivity (Wildman–Crippen MR) is 103 cm³/mol. The summed E-state index contributed by atoms with van der Waals surface area (Å²) in [6.07, 6.45) is -31.3. The third-order valence-electron chi connectivity index (χ3n) is 8.57. The molecule has 37 heavy (non-hydrogen) atoms. The lowest BCUT2D eigenvalue weighted by molar-refractivity contribution is -0.456. The molecule has 1 N–H and O–H groups in total. The van der Waals surface area contributed by atoms with Gasteiger partial charge in [0.25, 0.3) is 11.2 Å². The largest absolute Gasteiger partial charge is 0.427 e.